The van der Waals surface area contributed by atoms with E-state index < -0.39 is 11.4 Å². The van der Waals surface area contributed by atoms with Gasteiger partial charge in [0.15, 0.2) is 0 Å². The number of nitrogens with two attached hydrogens (primary N) is 1. The van der Waals surface area contributed by atoms with Crippen molar-refractivity contribution in [3.63, 3.8) is 0 Å². The molecule has 0 bridgehead atoms. The average Bonchev–Trinajstić information content (AvgIpc) is 2.55. The number of aryl methyl sites for hydroxylation is 2. The van der Waals surface area contributed by atoms with Gasteiger partial charge in [-0.2, -0.15) is 0 Å². The number of aromatic nitrogens is 1. The fraction of sp³-hybridized carbons (Fsp3) is 0.111. The van der Waals surface area contributed by atoms with Gasteiger partial charge in [0, 0.05) is 18.4 Å². The maximum Gasteiger partial charge on any atom is 0.341 e. The van der Waals surface area contributed by atoms with E-state index in [-0.39, 0.29) is 10.9 Å². The summed E-state index contributed by atoms with van der Waals surface area (Å²) >= 11 is 0. The third kappa shape index (κ3) is 2.81. The zero-order valence-electron chi connectivity index (χ0n) is 12.4. The molecule has 5 heteroatoms. The second-order valence-electron chi connectivity index (χ2n) is 5.35. The highest BCUT2D eigenvalue weighted by molar-refractivity contribution is 5.97. The summed E-state index contributed by atoms with van der Waals surface area (Å²) in [6.45, 7) is 0.560. The highest BCUT2D eigenvalue weighted by Gasteiger charge is 2.16. The molecule has 0 aliphatic carbocycles. The first-order valence-electron chi connectivity index (χ1n) is 7.27. The molecule has 0 radical (unpaired) electrons. The first-order valence-corrected chi connectivity index (χ1v) is 7.27. The number of nitrogen functional groups attached to an aromatic ring is 1. The molecule has 0 aliphatic heterocycles. The number of aromatic carboxylic acids is 1. The third-order valence-corrected chi connectivity index (χ3v) is 3.86. The minimum Gasteiger partial charge on any atom is -0.477 e. The Kier molecular flexibility index (Phi) is 3.85. The van der Waals surface area contributed by atoms with E-state index in [2.05, 4.69) is 0 Å². The lowest BCUT2D eigenvalue weighted by molar-refractivity contribution is 0.0695. The monoisotopic (exact) mass is 308 g/mol. The second kappa shape index (κ2) is 5.96. The van der Waals surface area contributed by atoms with Crippen molar-refractivity contribution in [1.29, 1.82) is 0 Å². The lowest BCUT2D eigenvalue weighted by atomic mass is 10.1. The Labute approximate surface area is 132 Å². The van der Waals surface area contributed by atoms with Crippen molar-refractivity contribution in [2.45, 2.75) is 13.0 Å². The van der Waals surface area contributed by atoms with Crippen molar-refractivity contribution in [2.75, 3.05) is 5.73 Å². The molecular formula is C18H16N2O3. The summed E-state index contributed by atoms with van der Waals surface area (Å²) in [5, 5.41) is 9.54. The number of carboxylic acid groups (broad SMARTS) is 1. The van der Waals surface area contributed by atoms with E-state index in [1.165, 1.54) is 6.20 Å². The Balaban J connectivity index is 2.12. The number of benzene rings is 2. The Bertz CT molecular complexity index is 930. The van der Waals surface area contributed by atoms with Crippen molar-refractivity contribution >= 4 is 22.6 Å². The number of carbonyl (C=O) groups is 1. The van der Waals surface area contributed by atoms with Crippen LogP contribution >= 0.6 is 0 Å². The Morgan fingerprint density at radius 2 is 1.83 bits per heavy atom. The van der Waals surface area contributed by atoms with Gasteiger partial charge in [-0.15, -0.1) is 0 Å². The van der Waals surface area contributed by atoms with Crippen molar-refractivity contribution < 1.29 is 9.90 Å². The molecule has 3 N–H and O–H groups in total. The molecule has 0 spiro atoms. The fourth-order valence-corrected chi connectivity index (χ4v) is 2.69. The Hall–Kier alpha value is -3.08. The summed E-state index contributed by atoms with van der Waals surface area (Å²) in [5.74, 6) is -1.24. The molecule has 0 unspecified atom stereocenters. The predicted molar refractivity (Wildman–Crippen MR) is 89.7 cm³/mol. The quantitative estimate of drug-likeness (QED) is 0.725. The minimum absolute atomic E-state index is 0.261. The van der Waals surface area contributed by atoms with Gasteiger partial charge >= 0.3 is 5.97 Å². The van der Waals surface area contributed by atoms with Crippen LogP contribution in [0, 0.1) is 0 Å². The van der Waals surface area contributed by atoms with Crippen LogP contribution in [0.4, 0.5) is 5.69 Å². The molecule has 0 fully saturated rings. The van der Waals surface area contributed by atoms with Crippen LogP contribution in [-0.4, -0.2) is 15.6 Å². The summed E-state index contributed by atoms with van der Waals surface area (Å²) in [4.78, 5) is 23.7. The van der Waals surface area contributed by atoms with Gasteiger partial charge in [-0.25, -0.2) is 4.79 Å². The molecule has 0 saturated carbocycles. The topological polar surface area (TPSA) is 85.3 Å². The zero-order valence-corrected chi connectivity index (χ0v) is 12.4. The first kappa shape index (κ1) is 14.8. The smallest absolute Gasteiger partial charge is 0.341 e. The van der Waals surface area contributed by atoms with Crippen LogP contribution in [-0.2, 0) is 13.0 Å². The SMILES string of the molecule is Nc1cccc2c1c(=O)c(C(=O)O)cn2CCc1ccccc1. The number of fused-ring (bicyclic) bond motifs is 1. The van der Waals surface area contributed by atoms with Crippen LogP contribution in [0.2, 0.25) is 0 Å². The maximum atomic E-state index is 12.3. The Morgan fingerprint density at radius 3 is 2.52 bits per heavy atom. The van der Waals surface area contributed by atoms with E-state index in [4.69, 9.17) is 5.73 Å². The van der Waals surface area contributed by atoms with Crippen LogP contribution < -0.4 is 11.2 Å². The predicted octanol–water partition coefficient (Wildman–Crippen LogP) is 2.52. The highest BCUT2D eigenvalue weighted by Crippen LogP contribution is 2.19. The zero-order chi connectivity index (χ0) is 16.4. The molecule has 1 aromatic heterocycles. The lowest BCUT2D eigenvalue weighted by Gasteiger charge is -2.13. The van der Waals surface area contributed by atoms with Gasteiger partial charge < -0.3 is 15.4 Å². The van der Waals surface area contributed by atoms with Crippen LogP contribution in [0.3, 0.4) is 0 Å². The van der Waals surface area contributed by atoms with E-state index >= 15 is 0 Å². The first-order chi connectivity index (χ1) is 11.1. The lowest BCUT2D eigenvalue weighted by Crippen LogP contribution is -2.20. The molecule has 0 aliphatic rings. The van der Waals surface area contributed by atoms with E-state index in [1.807, 2.05) is 30.3 Å². The molecule has 0 amide bonds. The number of hydrogen-bond donors (Lipinski definition) is 2. The van der Waals surface area contributed by atoms with E-state index in [1.54, 1.807) is 22.8 Å². The van der Waals surface area contributed by atoms with E-state index in [0.717, 1.165) is 12.0 Å². The van der Waals surface area contributed by atoms with Gasteiger partial charge in [-0.1, -0.05) is 36.4 Å². The molecule has 5 nitrogen and oxygen atoms in total. The van der Waals surface area contributed by atoms with Gasteiger partial charge in [0.2, 0.25) is 5.43 Å². The van der Waals surface area contributed by atoms with Gasteiger partial charge in [0.05, 0.1) is 10.9 Å². The van der Waals surface area contributed by atoms with Crippen molar-refractivity contribution in [3.8, 4) is 0 Å². The number of rotatable bonds is 4. The molecule has 3 rings (SSSR count). The number of nitrogens with zero attached hydrogens (tertiary/aromatic N) is 1. The fourth-order valence-electron chi connectivity index (χ4n) is 2.69. The van der Waals surface area contributed by atoms with Gasteiger partial charge in [-0.05, 0) is 24.1 Å². The Morgan fingerprint density at radius 1 is 1.09 bits per heavy atom. The second-order valence-corrected chi connectivity index (χ2v) is 5.35. The largest absolute Gasteiger partial charge is 0.477 e. The van der Waals surface area contributed by atoms with Crippen molar-refractivity contribution in [3.05, 3.63) is 76.1 Å². The van der Waals surface area contributed by atoms with Crippen LogP contribution in [0.15, 0.2) is 59.5 Å². The highest BCUT2D eigenvalue weighted by atomic mass is 16.4. The summed E-state index contributed by atoms with van der Waals surface area (Å²) in [6.07, 6.45) is 2.13. The third-order valence-electron chi connectivity index (χ3n) is 3.86. The number of hydrogen-bond acceptors (Lipinski definition) is 3. The average molecular weight is 308 g/mol. The molecule has 23 heavy (non-hydrogen) atoms. The summed E-state index contributed by atoms with van der Waals surface area (Å²) in [6, 6.07) is 15.0. The van der Waals surface area contributed by atoms with E-state index in [9.17, 15) is 14.7 Å². The summed E-state index contributed by atoms with van der Waals surface area (Å²) in [7, 11) is 0. The maximum absolute atomic E-state index is 12.3. The normalized spacial score (nSPS) is 10.8. The van der Waals surface area contributed by atoms with E-state index in [0.29, 0.717) is 17.7 Å². The van der Waals surface area contributed by atoms with Crippen molar-refractivity contribution in [1.82, 2.24) is 4.57 Å². The van der Waals surface area contributed by atoms with Crippen LogP contribution in [0.5, 0.6) is 0 Å². The molecule has 2 aromatic carbocycles. The molecule has 0 atom stereocenters. The van der Waals surface area contributed by atoms with Crippen LogP contribution in [0.25, 0.3) is 10.9 Å². The standard InChI is InChI=1S/C18H16N2O3/c19-14-7-4-8-15-16(14)17(21)13(18(22)23)11-20(15)10-9-12-5-2-1-3-6-12/h1-8,11H,9-10,19H2,(H,22,23). The minimum atomic E-state index is -1.24. The molecule has 1 heterocycles. The molecule has 116 valence electrons. The number of anilines is 1. The van der Waals surface area contributed by atoms with Crippen molar-refractivity contribution in [2.24, 2.45) is 0 Å². The van der Waals surface area contributed by atoms with Gasteiger partial charge in [0.25, 0.3) is 0 Å². The summed E-state index contributed by atoms with van der Waals surface area (Å²) < 4.78 is 1.78. The van der Waals surface area contributed by atoms with Gasteiger partial charge in [0.1, 0.15) is 5.56 Å². The van der Waals surface area contributed by atoms with Gasteiger partial charge in [-0.3, -0.25) is 4.79 Å². The molecule has 3 aromatic rings. The number of carboxylic acids is 1. The molecular weight excluding hydrogens is 292 g/mol. The molecule has 0 saturated heterocycles. The number of pyridine rings is 1. The van der Waals surface area contributed by atoms with Crippen LogP contribution in [0.1, 0.15) is 15.9 Å². The summed E-state index contributed by atoms with van der Waals surface area (Å²) in [5.41, 5.74) is 7.18.